The number of amides is 1. The third-order valence-electron chi connectivity index (χ3n) is 2.42. The van der Waals surface area contributed by atoms with Crippen LogP contribution in [-0.2, 0) is 0 Å². The lowest BCUT2D eigenvalue weighted by atomic mass is 9.82. The van der Waals surface area contributed by atoms with Gasteiger partial charge >= 0.3 is 5.00 Å². The van der Waals surface area contributed by atoms with Gasteiger partial charge in [-0.3, -0.25) is 14.9 Å². The zero-order valence-corrected chi connectivity index (χ0v) is 12.8. The van der Waals surface area contributed by atoms with E-state index in [1.165, 1.54) is 12.1 Å². The molecule has 19 heavy (non-hydrogen) atoms. The maximum absolute atomic E-state index is 12.1. The zero-order chi connectivity index (χ0) is 14.8. The van der Waals surface area contributed by atoms with Gasteiger partial charge in [0.25, 0.3) is 5.91 Å². The van der Waals surface area contributed by atoms with Gasteiger partial charge in [-0.05, 0) is 31.7 Å². The Hall–Kier alpha value is -1.43. The minimum absolute atomic E-state index is 0.0150. The van der Waals surface area contributed by atoms with Crippen LogP contribution in [0.5, 0.6) is 0 Å². The molecule has 0 atom stereocenters. The molecule has 0 radical (unpaired) electrons. The van der Waals surface area contributed by atoms with E-state index in [0.717, 1.165) is 17.8 Å². The van der Waals surface area contributed by atoms with Crippen molar-refractivity contribution in [3.63, 3.8) is 0 Å². The van der Waals surface area contributed by atoms with Crippen molar-refractivity contribution in [2.24, 2.45) is 5.41 Å². The highest BCUT2D eigenvalue weighted by Gasteiger charge is 2.28. The third kappa shape index (κ3) is 4.98. The molecule has 0 fully saturated rings. The van der Waals surface area contributed by atoms with Gasteiger partial charge in [0.2, 0.25) is 0 Å². The SMILES string of the molecule is CC(C)(C)CC(C)(C)NC(=O)c1ccc([N+](=O)[O-])s1. The number of thiophene rings is 1. The van der Waals surface area contributed by atoms with Crippen molar-refractivity contribution in [2.75, 3.05) is 0 Å². The number of hydrogen-bond acceptors (Lipinski definition) is 4. The summed E-state index contributed by atoms with van der Waals surface area (Å²) in [6.45, 7) is 10.2. The fourth-order valence-electron chi connectivity index (χ4n) is 2.29. The van der Waals surface area contributed by atoms with Gasteiger partial charge in [0.15, 0.2) is 0 Å². The average molecular weight is 284 g/mol. The van der Waals surface area contributed by atoms with Crippen molar-refractivity contribution in [3.8, 4) is 0 Å². The Kier molecular flexibility index (Phi) is 4.35. The van der Waals surface area contributed by atoms with Crippen LogP contribution in [0.25, 0.3) is 0 Å². The molecule has 1 aromatic heterocycles. The van der Waals surface area contributed by atoms with Crippen LogP contribution in [0.4, 0.5) is 5.00 Å². The lowest BCUT2D eigenvalue weighted by Crippen LogP contribution is -2.45. The van der Waals surface area contributed by atoms with E-state index in [4.69, 9.17) is 0 Å². The Morgan fingerprint density at radius 3 is 2.32 bits per heavy atom. The monoisotopic (exact) mass is 284 g/mol. The molecule has 1 amide bonds. The van der Waals surface area contributed by atoms with Gasteiger partial charge in [0, 0.05) is 11.6 Å². The summed E-state index contributed by atoms with van der Waals surface area (Å²) in [6.07, 6.45) is 0.819. The van der Waals surface area contributed by atoms with E-state index in [2.05, 4.69) is 26.1 Å². The first-order valence-electron chi connectivity index (χ1n) is 6.07. The number of rotatable bonds is 4. The van der Waals surface area contributed by atoms with E-state index < -0.39 is 4.92 Å². The number of nitrogens with zero attached hydrogens (tertiary/aromatic N) is 1. The molecule has 1 rings (SSSR count). The highest BCUT2D eigenvalue weighted by atomic mass is 32.1. The molecule has 1 aromatic rings. The Balaban J connectivity index is 2.75. The molecule has 106 valence electrons. The average Bonchev–Trinajstić information content (AvgIpc) is 2.60. The smallest absolute Gasteiger partial charge is 0.324 e. The maximum atomic E-state index is 12.1. The lowest BCUT2D eigenvalue weighted by molar-refractivity contribution is -0.380. The van der Waals surface area contributed by atoms with Crippen LogP contribution in [0.1, 0.15) is 50.7 Å². The van der Waals surface area contributed by atoms with Gasteiger partial charge < -0.3 is 5.32 Å². The van der Waals surface area contributed by atoms with Crippen LogP contribution < -0.4 is 5.32 Å². The standard InChI is InChI=1S/C13H20N2O3S/c1-12(2,3)8-13(4,5)14-11(16)9-6-7-10(19-9)15(17)18/h6-7H,8H2,1-5H3,(H,14,16). The van der Waals surface area contributed by atoms with Gasteiger partial charge in [-0.1, -0.05) is 32.1 Å². The minimum Gasteiger partial charge on any atom is -0.346 e. The molecule has 0 saturated carbocycles. The molecular formula is C13H20N2O3S. The fourth-order valence-corrected chi connectivity index (χ4v) is 3.00. The van der Waals surface area contributed by atoms with Crippen molar-refractivity contribution >= 4 is 22.2 Å². The summed E-state index contributed by atoms with van der Waals surface area (Å²) in [4.78, 5) is 22.5. The van der Waals surface area contributed by atoms with Gasteiger partial charge in [-0.15, -0.1) is 0 Å². The first-order valence-corrected chi connectivity index (χ1v) is 6.89. The van der Waals surface area contributed by atoms with Gasteiger partial charge in [0.1, 0.15) is 0 Å². The molecule has 1 N–H and O–H groups in total. The summed E-state index contributed by atoms with van der Waals surface area (Å²) in [5.74, 6) is -0.257. The van der Waals surface area contributed by atoms with Crippen molar-refractivity contribution in [3.05, 3.63) is 27.1 Å². The van der Waals surface area contributed by atoms with Gasteiger partial charge in [-0.25, -0.2) is 0 Å². The Morgan fingerprint density at radius 2 is 1.89 bits per heavy atom. The van der Waals surface area contributed by atoms with E-state index in [9.17, 15) is 14.9 Å². The second-order valence-corrected chi connectivity index (χ2v) is 7.53. The summed E-state index contributed by atoms with van der Waals surface area (Å²) >= 11 is 0.897. The van der Waals surface area contributed by atoms with E-state index in [1.807, 2.05) is 13.8 Å². The molecule has 0 aliphatic heterocycles. The summed E-state index contributed by atoms with van der Waals surface area (Å²) in [6, 6.07) is 2.85. The number of nitro groups is 1. The van der Waals surface area contributed by atoms with Gasteiger partial charge in [0.05, 0.1) is 9.80 Å². The third-order valence-corrected chi connectivity index (χ3v) is 3.46. The molecule has 0 aromatic carbocycles. The molecule has 5 nitrogen and oxygen atoms in total. The second kappa shape index (κ2) is 5.28. The molecule has 0 spiro atoms. The first-order chi connectivity index (χ1) is 8.50. The van der Waals surface area contributed by atoms with Crippen LogP contribution >= 0.6 is 11.3 Å². The number of carbonyl (C=O) groups is 1. The largest absolute Gasteiger partial charge is 0.346 e. The normalized spacial score (nSPS) is 12.3. The Bertz CT molecular complexity index is 486. The maximum Gasteiger partial charge on any atom is 0.324 e. The van der Waals surface area contributed by atoms with Crippen LogP contribution in [0.15, 0.2) is 12.1 Å². The van der Waals surface area contributed by atoms with Crippen molar-refractivity contribution in [1.29, 1.82) is 0 Å². The number of nitrogens with one attached hydrogen (secondary N) is 1. The molecular weight excluding hydrogens is 264 g/mol. The highest BCUT2D eigenvalue weighted by molar-refractivity contribution is 7.17. The summed E-state index contributed by atoms with van der Waals surface area (Å²) in [5.41, 5.74) is -0.258. The lowest BCUT2D eigenvalue weighted by Gasteiger charge is -2.33. The Labute approximate surface area is 117 Å². The topological polar surface area (TPSA) is 72.2 Å². The fraction of sp³-hybridized carbons (Fsp3) is 0.615. The quantitative estimate of drug-likeness (QED) is 0.678. The summed E-state index contributed by atoms with van der Waals surface area (Å²) < 4.78 is 0. The van der Waals surface area contributed by atoms with Crippen molar-refractivity contribution < 1.29 is 9.72 Å². The summed E-state index contributed by atoms with van der Waals surface area (Å²) in [5, 5.41) is 13.5. The first kappa shape index (κ1) is 15.6. The summed E-state index contributed by atoms with van der Waals surface area (Å²) in [7, 11) is 0. The molecule has 0 aliphatic rings. The van der Waals surface area contributed by atoms with E-state index in [-0.39, 0.29) is 21.9 Å². The van der Waals surface area contributed by atoms with Crippen LogP contribution in [0, 0.1) is 15.5 Å². The van der Waals surface area contributed by atoms with Crippen molar-refractivity contribution in [1.82, 2.24) is 5.32 Å². The van der Waals surface area contributed by atoms with E-state index >= 15 is 0 Å². The number of carbonyl (C=O) groups excluding carboxylic acids is 1. The van der Waals surface area contributed by atoms with E-state index in [1.54, 1.807) is 0 Å². The molecule has 1 heterocycles. The van der Waals surface area contributed by atoms with Crippen LogP contribution in [0.2, 0.25) is 0 Å². The van der Waals surface area contributed by atoms with Crippen LogP contribution in [-0.4, -0.2) is 16.4 Å². The highest BCUT2D eigenvalue weighted by Crippen LogP contribution is 2.28. The Morgan fingerprint density at radius 1 is 1.32 bits per heavy atom. The van der Waals surface area contributed by atoms with Gasteiger partial charge in [-0.2, -0.15) is 0 Å². The second-order valence-electron chi connectivity index (χ2n) is 6.47. The minimum atomic E-state index is -0.484. The van der Waals surface area contributed by atoms with Crippen molar-refractivity contribution in [2.45, 2.75) is 46.6 Å². The predicted octanol–water partition coefficient (Wildman–Crippen LogP) is 3.60. The molecule has 0 bridgehead atoms. The molecule has 0 saturated heterocycles. The molecule has 0 aliphatic carbocycles. The molecule has 0 unspecified atom stereocenters. The van der Waals surface area contributed by atoms with Crippen LogP contribution in [0.3, 0.4) is 0 Å². The molecule has 6 heteroatoms. The predicted molar refractivity (Wildman–Crippen MR) is 76.6 cm³/mol. The number of hydrogen-bond donors (Lipinski definition) is 1. The van der Waals surface area contributed by atoms with E-state index in [0.29, 0.717) is 4.88 Å². The zero-order valence-electron chi connectivity index (χ0n) is 11.9.